The summed E-state index contributed by atoms with van der Waals surface area (Å²) in [5.41, 5.74) is 6.42. The van der Waals surface area contributed by atoms with Crippen LogP contribution in [0.25, 0.3) is 11.2 Å². The van der Waals surface area contributed by atoms with Crippen LogP contribution in [-0.4, -0.2) is 58.4 Å². The number of rotatable bonds is 14. The van der Waals surface area contributed by atoms with Crippen LogP contribution in [-0.2, 0) is 31.5 Å². The number of hydrogen-bond donors (Lipinski definition) is 2. The summed E-state index contributed by atoms with van der Waals surface area (Å²) < 4.78 is 50.4. The topological polar surface area (TPSA) is 161 Å². The molecule has 0 fully saturated rings. The first-order valence-electron chi connectivity index (χ1n) is 11.8. The van der Waals surface area contributed by atoms with Gasteiger partial charge >= 0.3 is 7.60 Å². The summed E-state index contributed by atoms with van der Waals surface area (Å²) in [5, 5.41) is 0. The van der Waals surface area contributed by atoms with Gasteiger partial charge in [-0.1, -0.05) is 12.1 Å². The first-order valence-corrected chi connectivity index (χ1v) is 13.6. The lowest BCUT2D eigenvalue weighted by molar-refractivity contribution is 0.0885. The maximum Gasteiger partial charge on any atom is 0.333 e. The van der Waals surface area contributed by atoms with Gasteiger partial charge in [-0.15, -0.1) is 0 Å². The normalized spacial score (nSPS) is 12.9. The zero-order chi connectivity index (χ0) is 27.8. The van der Waals surface area contributed by atoms with E-state index >= 15 is 0 Å². The van der Waals surface area contributed by atoms with E-state index in [0.29, 0.717) is 22.5 Å². The fraction of sp³-hybridized carbons (Fsp3) is 0.280. The molecule has 0 amide bonds. The predicted molar refractivity (Wildman–Crippen MR) is 140 cm³/mol. The third-order valence-corrected chi connectivity index (χ3v) is 7.38. The molecule has 4 rings (SSSR count). The van der Waals surface area contributed by atoms with Crippen molar-refractivity contribution in [3.63, 3.8) is 0 Å². The highest BCUT2D eigenvalue weighted by Gasteiger charge is 2.26. The van der Waals surface area contributed by atoms with Crippen LogP contribution in [0.1, 0.15) is 15.9 Å². The number of carbonyl (C=O) groups excluding carboxylic acids is 1. The Morgan fingerprint density at radius 3 is 2.69 bits per heavy atom. The van der Waals surface area contributed by atoms with Crippen molar-refractivity contribution >= 4 is 30.5 Å². The van der Waals surface area contributed by atoms with E-state index in [-0.39, 0.29) is 44.0 Å². The second kappa shape index (κ2) is 12.8. The number of nitrogen functional groups attached to an aromatic ring is 1. The number of carbonyl (C=O) groups is 1. The highest BCUT2D eigenvalue weighted by Crippen LogP contribution is 2.48. The van der Waals surface area contributed by atoms with Gasteiger partial charge in [0.05, 0.1) is 39.4 Å². The molecule has 0 saturated heterocycles. The third-order valence-electron chi connectivity index (χ3n) is 5.60. The molecule has 3 N–H and O–H groups in total. The molecular weight excluding hydrogens is 532 g/mol. The Balaban J connectivity index is 1.35. The molecule has 1 unspecified atom stereocenters. The first kappa shape index (κ1) is 28.1. The number of nitrogens with one attached hydrogen (secondary N) is 1. The van der Waals surface area contributed by atoms with Crippen molar-refractivity contribution in [3.05, 3.63) is 82.2 Å². The number of ketones is 1. The van der Waals surface area contributed by atoms with Crippen LogP contribution in [0, 0.1) is 5.82 Å². The van der Waals surface area contributed by atoms with Gasteiger partial charge in [-0.3, -0.25) is 19.1 Å². The van der Waals surface area contributed by atoms with Gasteiger partial charge in [0.2, 0.25) is 5.95 Å². The third kappa shape index (κ3) is 7.58. The number of nitrogens with two attached hydrogens (primary N) is 1. The highest BCUT2D eigenvalue weighted by atomic mass is 31.2. The van der Waals surface area contributed by atoms with Crippen molar-refractivity contribution in [1.82, 2.24) is 19.5 Å². The minimum absolute atomic E-state index is 0.0278. The fourth-order valence-corrected chi connectivity index (χ4v) is 4.90. The summed E-state index contributed by atoms with van der Waals surface area (Å²) in [6.07, 6.45) is 1.28. The van der Waals surface area contributed by atoms with Gasteiger partial charge in [0.25, 0.3) is 5.56 Å². The fourth-order valence-electron chi connectivity index (χ4n) is 3.56. The van der Waals surface area contributed by atoms with Gasteiger partial charge in [-0.25, -0.2) is 9.37 Å². The molecule has 2 aromatic carbocycles. The Bertz CT molecular complexity index is 1540. The maximum absolute atomic E-state index is 13.6. The van der Waals surface area contributed by atoms with Crippen molar-refractivity contribution in [2.45, 2.75) is 13.2 Å². The smallest absolute Gasteiger partial charge is 0.333 e. The molecule has 206 valence electrons. The minimum atomic E-state index is -3.83. The standard InChI is InChI=1S/C25H27FN5O7P/c1-35-20-7-5-18(6-8-20)21(32)15-38-39(34,37-14-17-3-2-4-19(26)13-17)12-11-36-10-9-31-16-28-22-23(31)29-25(27)30-24(22)33/h2-8,13,16H,9-12,14-15H2,1H3,(H3,27,29,30,33). The molecule has 39 heavy (non-hydrogen) atoms. The Labute approximate surface area is 222 Å². The van der Waals surface area contributed by atoms with Crippen molar-refractivity contribution in [2.75, 3.05) is 38.8 Å². The van der Waals surface area contributed by atoms with Gasteiger partial charge < -0.3 is 28.8 Å². The molecule has 12 nitrogen and oxygen atoms in total. The number of Topliss-reactive ketones (excluding diaryl/α,β-unsaturated/α-hetero) is 1. The van der Waals surface area contributed by atoms with Gasteiger partial charge in [0.1, 0.15) is 18.2 Å². The van der Waals surface area contributed by atoms with Crippen LogP contribution < -0.4 is 16.0 Å². The number of nitrogens with zero attached hydrogens (tertiary/aromatic N) is 3. The number of aromatic amines is 1. The Morgan fingerprint density at radius 2 is 1.95 bits per heavy atom. The summed E-state index contributed by atoms with van der Waals surface area (Å²) in [4.78, 5) is 35.0. The average Bonchev–Trinajstić information content (AvgIpc) is 3.33. The number of methoxy groups -OCH3 is 1. The first-order chi connectivity index (χ1) is 18.8. The number of anilines is 1. The SMILES string of the molecule is COc1ccc(C(=O)COP(=O)(CCOCCn2cnc3c(=O)[nH]c(N)nc32)OCc2cccc(F)c2)cc1. The van der Waals surface area contributed by atoms with Gasteiger partial charge in [-0.2, -0.15) is 4.98 Å². The molecule has 0 aliphatic carbocycles. The van der Waals surface area contributed by atoms with E-state index in [4.69, 9.17) is 24.3 Å². The second-order valence-corrected chi connectivity index (χ2v) is 10.5. The van der Waals surface area contributed by atoms with Crippen molar-refractivity contribution < 1.29 is 32.3 Å². The number of benzene rings is 2. The monoisotopic (exact) mass is 559 g/mol. The number of hydrogen-bond acceptors (Lipinski definition) is 10. The molecule has 2 heterocycles. The predicted octanol–water partition coefficient (Wildman–Crippen LogP) is 3.18. The van der Waals surface area contributed by atoms with Gasteiger partial charge in [-0.05, 0) is 42.0 Å². The molecule has 0 aliphatic rings. The zero-order valence-corrected chi connectivity index (χ0v) is 21.9. The van der Waals surface area contributed by atoms with Crippen molar-refractivity contribution in [2.24, 2.45) is 0 Å². The van der Waals surface area contributed by atoms with Crippen molar-refractivity contribution in [3.8, 4) is 5.75 Å². The molecule has 4 aromatic rings. The summed E-state index contributed by atoms with van der Waals surface area (Å²) >= 11 is 0. The van der Waals surface area contributed by atoms with Gasteiger partial charge in [0.15, 0.2) is 16.9 Å². The van der Waals surface area contributed by atoms with Crippen LogP contribution in [0.15, 0.2) is 59.7 Å². The molecule has 1 atom stereocenters. The number of ether oxygens (including phenoxy) is 2. The molecule has 0 radical (unpaired) electrons. The lowest BCUT2D eigenvalue weighted by atomic mass is 10.1. The minimum Gasteiger partial charge on any atom is -0.497 e. The van der Waals surface area contributed by atoms with E-state index in [1.807, 2.05) is 0 Å². The second-order valence-electron chi connectivity index (χ2n) is 8.34. The summed E-state index contributed by atoms with van der Waals surface area (Å²) in [7, 11) is -2.31. The van der Waals surface area contributed by atoms with Crippen molar-refractivity contribution in [1.29, 1.82) is 0 Å². The van der Waals surface area contributed by atoms with E-state index in [9.17, 15) is 18.5 Å². The Kier molecular flexibility index (Phi) is 9.20. The molecule has 2 aromatic heterocycles. The van der Waals surface area contributed by atoms with E-state index in [2.05, 4.69) is 15.0 Å². The largest absolute Gasteiger partial charge is 0.497 e. The summed E-state index contributed by atoms with van der Waals surface area (Å²) in [6.45, 7) is -0.254. The van der Waals surface area contributed by atoms with Crippen LogP contribution in [0.4, 0.5) is 10.3 Å². The molecule has 0 spiro atoms. The summed E-state index contributed by atoms with van der Waals surface area (Å²) in [5.74, 6) is -0.312. The summed E-state index contributed by atoms with van der Waals surface area (Å²) in [6, 6.07) is 12.1. The van der Waals surface area contributed by atoms with Gasteiger partial charge in [0, 0.05) is 12.1 Å². The number of fused-ring (bicyclic) bond motifs is 1. The molecule has 0 bridgehead atoms. The highest BCUT2D eigenvalue weighted by molar-refractivity contribution is 7.53. The van der Waals surface area contributed by atoms with E-state index in [1.165, 1.54) is 31.6 Å². The zero-order valence-electron chi connectivity index (χ0n) is 21.0. The quantitative estimate of drug-likeness (QED) is 0.133. The Hall–Kier alpha value is -3.90. The van der Waals surface area contributed by atoms with Crippen LogP contribution in [0.3, 0.4) is 0 Å². The van der Waals surface area contributed by atoms with E-state index in [1.54, 1.807) is 34.9 Å². The Morgan fingerprint density at radius 1 is 1.15 bits per heavy atom. The molecular formula is C25H27FN5O7P. The number of imidazole rings is 1. The molecule has 0 aliphatic heterocycles. The van der Waals surface area contributed by atoms with Crippen LogP contribution in [0.2, 0.25) is 0 Å². The average molecular weight is 559 g/mol. The lowest BCUT2D eigenvalue weighted by Gasteiger charge is -2.19. The number of halogens is 1. The van der Waals surface area contributed by atoms with Crippen LogP contribution in [0.5, 0.6) is 5.75 Å². The van der Waals surface area contributed by atoms with Crippen LogP contribution >= 0.6 is 7.60 Å². The van der Waals surface area contributed by atoms with E-state index < -0.39 is 31.4 Å². The number of aromatic nitrogens is 4. The number of H-pyrrole nitrogens is 1. The maximum atomic E-state index is 13.6. The lowest BCUT2D eigenvalue weighted by Crippen LogP contribution is -2.15. The van der Waals surface area contributed by atoms with E-state index in [0.717, 1.165) is 0 Å². The molecule has 0 saturated carbocycles. The molecule has 14 heteroatoms.